The van der Waals surface area contributed by atoms with Crippen LogP contribution in [0.15, 0.2) is 48.5 Å². The highest BCUT2D eigenvalue weighted by molar-refractivity contribution is 5.84. The Kier molecular flexibility index (Phi) is 8.18. The van der Waals surface area contributed by atoms with Gasteiger partial charge in [0.25, 0.3) is 0 Å². The highest BCUT2D eigenvalue weighted by Gasteiger charge is 2.29. The third kappa shape index (κ3) is 5.83. The van der Waals surface area contributed by atoms with Gasteiger partial charge in [-0.25, -0.2) is 9.59 Å². The summed E-state index contributed by atoms with van der Waals surface area (Å²) in [5.74, 6) is -1.81. The first-order valence-corrected chi connectivity index (χ1v) is 10.2. The number of hydrogen-bond donors (Lipinski definition) is 3. The molecule has 1 atom stereocenters. The van der Waals surface area contributed by atoms with Crippen LogP contribution in [0.2, 0.25) is 0 Å². The van der Waals surface area contributed by atoms with Gasteiger partial charge in [-0.3, -0.25) is 4.79 Å². The van der Waals surface area contributed by atoms with E-state index in [2.05, 4.69) is 22.8 Å². The number of alkyl carbamates (subject to hydrolysis) is 1. The van der Waals surface area contributed by atoms with Gasteiger partial charge in [-0.1, -0.05) is 48.5 Å². The number of nitrogens with one attached hydrogen (secondary N) is 2. The number of rotatable bonds is 11. The summed E-state index contributed by atoms with van der Waals surface area (Å²) >= 11 is 0. The van der Waals surface area contributed by atoms with Crippen LogP contribution in [-0.2, 0) is 23.8 Å². The van der Waals surface area contributed by atoms with Gasteiger partial charge in [0.2, 0.25) is 5.91 Å². The van der Waals surface area contributed by atoms with Crippen molar-refractivity contribution in [2.45, 2.75) is 12.0 Å². The first-order chi connectivity index (χ1) is 15.5. The number of carboxylic acid groups (broad SMARTS) is 1. The maximum absolute atomic E-state index is 12.1. The second-order valence-corrected chi connectivity index (χ2v) is 7.22. The number of benzene rings is 2. The minimum atomic E-state index is -1.20. The van der Waals surface area contributed by atoms with Gasteiger partial charge < -0.3 is 30.0 Å². The third-order valence-corrected chi connectivity index (χ3v) is 5.06. The van der Waals surface area contributed by atoms with Gasteiger partial charge in [-0.05, 0) is 22.3 Å². The maximum atomic E-state index is 12.1. The van der Waals surface area contributed by atoms with Crippen molar-refractivity contribution >= 4 is 18.0 Å². The quantitative estimate of drug-likeness (QED) is 0.453. The molecule has 9 heteroatoms. The molecule has 0 aliphatic heterocycles. The standard InChI is InChI=1S/C23H26N2O7/c1-30-13-20(22(27)28)25-21(26)14-31-11-10-24-23(29)32-12-19-17-8-4-2-6-15(17)16-7-3-5-9-18(16)19/h2-9,19-20H,10-14H2,1H3,(H,24,29)(H,25,26)(H,27,28). The second-order valence-electron chi connectivity index (χ2n) is 7.22. The Hall–Kier alpha value is -3.43. The van der Waals surface area contributed by atoms with Crippen LogP contribution < -0.4 is 10.6 Å². The third-order valence-electron chi connectivity index (χ3n) is 5.06. The van der Waals surface area contributed by atoms with E-state index in [9.17, 15) is 14.4 Å². The molecule has 2 aromatic rings. The highest BCUT2D eigenvalue weighted by Crippen LogP contribution is 2.44. The first-order valence-electron chi connectivity index (χ1n) is 10.2. The molecule has 9 nitrogen and oxygen atoms in total. The molecule has 3 rings (SSSR count). The van der Waals surface area contributed by atoms with Crippen LogP contribution in [0.5, 0.6) is 0 Å². The molecule has 0 saturated carbocycles. The van der Waals surface area contributed by atoms with Gasteiger partial charge in [0, 0.05) is 19.6 Å². The van der Waals surface area contributed by atoms with Crippen molar-refractivity contribution in [2.24, 2.45) is 0 Å². The smallest absolute Gasteiger partial charge is 0.407 e. The Morgan fingerprint density at radius 2 is 1.66 bits per heavy atom. The fourth-order valence-electron chi connectivity index (χ4n) is 3.62. The topological polar surface area (TPSA) is 123 Å². The summed E-state index contributed by atoms with van der Waals surface area (Å²) in [4.78, 5) is 34.8. The lowest BCUT2D eigenvalue weighted by molar-refractivity contribution is -0.144. The predicted molar refractivity (Wildman–Crippen MR) is 115 cm³/mol. The lowest BCUT2D eigenvalue weighted by Gasteiger charge is -2.15. The Labute approximate surface area is 185 Å². The molecule has 0 heterocycles. The summed E-state index contributed by atoms with van der Waals surface area (Å²) in [6, 6.07) is 15.0. The highest BCUT2D eigenvalue weighted by atomic mass is 16.5. The molecule has 32 heavy (non-hydrogen) atoms. The van der Waals surface area contributed by atoms with Gasteiger partial charge in [-0.2, -0.15) is 0 Å². The van der Waals surface area contributed by atoms with Crippen LogP contribution in [0.4, 0.5) is 4.79 Å². The van der Waals surface area contributed by atoms with Crippen molar-refractivity contribution in [3.05, 3.63) is 59.7 Å². The Morgan fingerprint density at radius 3 is 2.25 bits per heavy atom. The fraction of sp³-hybridized carbons (Fsp3) is 0.348. The van der Waals surface area contributed by atoms with E-state index in [0.29, 0.717) is 0 Å². The number of amides is 2. The van der Waals surface area contributed by atoms with Crippen molar-refractivity contribution in [1.82, 2.24) is 10.6 Å². The molecule has 1 aliphatic rings. The number of carboxylic acids is 1. The lowest BCUT2D eigenvalue weighted by atomic mass is 9.98. The van der Waals surface area contributed by atoms with Gasteiger partial charge >= 0.3 is 12.1 Å². The van der Waals surface area contributed by atoms with Crippen LogP contribution in [-0.4, -0.2) is 69.2 Å². The molecule has 2 aromatic carbocycles. The molecule has 0 bridgehead atoms. The number of hydrogen-bond acceptors (Lipinski definition) is 6. The monoisotopic (exact) mass is 442 g/mol. The minimum Gasteiger partial charge on any atom is -0.480 e. The Morgan fingerprint density at radius 1 is 1.03 bits per heavy atom. The van der Waals surface area contributed by atoms with Crippen molar-refractivity contribution < 1.29 is 33.7 Å². The number of carbonyl (C=O) groups is 3. The van der Waals surface area contributed by atoms with Crippen LogP contribution in [0.3, 0.4) is 0 Å². The van der Waals surface area contributed by atoms with Gasteiger partial charge in [0.15, 0.2) is 6.04 Å². The van der Waals surface area contributed by atoms with Crippen LogP contribution >= 0.6 is 0 Å². The molecule has 3 N–H and O–H groups in total. The molecule has 0 spiro atoms. The van der Waals surface area contributed by atoms with Gasteiger partial charge in [0.1, 0.15) is 13.2 Å². The molecule has 1 unspecified atom stereocenters. The van der Waals surface area contributed by atoms with E-state index >= 15 is 0 Å². The van der Waals surface area contributed by atoms with Crippen LogP contribution in [0, 0.1) is 0 Å². The van der Waals surface area contributed by atoms with Gasteiger partial charge in [-0.15, -0.1) is 0 Å². The Bertz CT molecular complexity index is 917. The van der Waals surface area contributed by atoms with E-state index in [-0.39, 0.29) is 38.9 Å². The molecular weight excluding hydrogens is 416 g/mol. The van der Waals surface area contributed by atoms with Crippen molar-refractivity contribution in [3.63, 3.8) is 0 Å². The molecule has 0 saturated heterocycles. The lowest BCUT2D eigenvalue weighted by Crippen LogP contribution is -2.45. The second kappa shape index (κ2) is 11.3. The van der Waals surface area contributed by atoms with Crippen LogP contribution in [0.25, 0.3) is 11.1 Å². The number of ether oxygens (including phenoxy) is 3. The largest absolute Gasteiger partial charge is 0.480 e. The van der Waals surface area contributed by atoms with Crippen molar-refractivity contribution in [2.75, 3.05) is 40.1 Å². The SMILES string of the molecule is COCC(NC(=O)COCCNC(=O)OCC1c2ccccc2-c2ccccc21)C(=O)O. The first kappa shape index (κ1) is 23.2. The number of carbonyl (C=O) groups excluding carboxylic acids is 2. The van der Waals surface area contributed by atoms with Gasteiger partial charge in [0.05, 0.1) is 13.2 Å². The van der Waals surface area contributed by atoms with E-state index < -0.39 is 24.0 Å². The fourth-order valence-corrected chi connectivity index (χ4v) is 3.62. The summed E-state index contributed by atoms with van der Waals surface area (Å²) in [5, 5.41) is 13.8. The summed E-state index contributed by atoms with van der Waals surface area (Å²) in [7, 11) is 1.34. The van der Waals surface area contributed by atoms with Crippen molar-refractivity contribution in [1.29, 1.82) is 0 Å². The van der Waals surface area contributed by atoms with E-state index in [1.807, 2.05) is 36.4 Å². The molecule has 0 radical (unpaired) electrons. The molecule has 2 amide bonds. The zero-order valence-corrected chi connectivity index (χ0v) is 17.7. The molecule has 0 aromatic heterocycles. The van der Waals surface area contributed by atoms with E-state index in [0.717, 1.165) is 22.3 Å². The number of fused-ring (bicyclic) bond motifs is 3. The summed E-state index contributed by atoms with van der Waals surface area (Å²) in [6.45, 7) is -0.0620. The summed E-state index contributed by atoms with van der Waals surface area (Å²) in [5.41, 5.74) is 4.56. The Balaban J connectivity index is 1.38. The number of methoxy groups -OCH3 is 1. The van der Waals surface area contributed by atoms with E-state index in [4.69, 9.17) is 19.3 Å². The molecule has 1 aliphatic carbocycles. The summed E-state index contributed by atoms with van der Waals surface area (Å²) < 4.78 is 15.3. The molecule has 170 valence electrons. The average molecular weight is 442 g/mol. The van der Waals surface area contributed by atoms with E-state index in [1.165, 1.54) is 7.11 Å². The number of aliphatic carboxylic acids is 1. The zero-order chi connectivity index (χ0) is 22.9. The van der Waals surface area contributed by atoms with Crippen molar-refractivity contribution in [3.8, 4) is 11.1 Å². The average Bonchev–Trinajstić information content (AvgIpc) is 3.11. The zero-order valence-electron chi connectivity index (χ0n) is 17.7. The normalized spacial score (nSPS) is 13.0. The van der Waals surface area contributed by atoms with Crippen LogP contribution in [0.1, 0.15) is 17.0 Å². The molecule has 0 fully saturated rings. The molecular formula is C23H26N2O7. The maximum Gasteiger partial charge on any atom is 0.407 e. The summed E-state index contributed by atoms with van der Waals surface area (Å²) in [6.07, 6.45) is -0.578. The minimum absolute atomic E-state index is 0.0256. The van der Waals surface area contributed by atoms with E-state index in [1.54, 1.807) is 0 Å². The predicted octanol–water partition coefficient (Wildman–Crippen LogP) is 1.76.